The van der Waals surface area contributed by atoms with E-state index in [2.05, 4.69) is 68.7 Å². The van der Waals surface area contributed by atoms with Crippen LogP contribution >= 0.6 is 11.3 Å². The van der Waals surface area contributed by atoms with E-state index in [1.165, 1.54) is 11.9 Å². The number of methoxy groups -OCH3 is 1. The van der Waals surface area contributed by atoms with Crippen molar-refractivity contribution in [1.82, 2.24) is 60.7 Å². The Balaban J connectivity index is 0.745. The number of thiazole rings is 1. The summed E-state index contributed by atoms with van der Waals surface area (Å²) in [6.45, 7) is 10.5. The number of anilines is 4. The Hall–Kier alpha value is -8.29. The number of aliphatic hydroxyl groups is 1. The van der Waals surface area contributed by atoms with Crippen LogP contribution in [-0.4, -0.2) is 131 Å². The number of amides is 5. The zero-order chi connectivity index (χ0) is 56.4. The Bertz CT molecular complexity index is 3210. The Labute approximate surface area is 463 Å². The standard InChI is InChI=1S/C57H68N14O7S/c1-34(38-21-23-39(24-22-38)51-35(2)61-33-79-51)62-54(75)44-26-40(72)31-71(44)56(77)52(57(3,4)5)65-47(73)16-11-9-10-12-17-48(74)70-29-37(30-70)19-18-36-20-25-45(59-28-36)64-46-27-43(49(67-66-46)55(76)58-6)63-42-15-13-14-41(50(42)78-8)53-60-32-69(7)68-53/h13-15,20-25,27-28,32-34,37,40,44,52,72H,9-12,16-17,26,29-31H2,1-8H3,(H,58,76)(H,62,75)(H,65,73)(H2,59,63,64,66)/t34?,40-,44+,52?/m1/s1. The number of rotatable bonds is 20. The van der Waals surface area contributed by atoms with Gasteiger partial charge in [0.15, 0.2) is 23.1 Å². The molecule has 5 amide bonds. The van der Waals surface area contributed by atoms with Gasteiger partial charge in [-0.15, -0.1) is 21.5 Å². The molecule has 2 fully saturated rings. The number of para-hydroxylation sites is 1. The van der Waals surface area contributed by atoms with E-state index in [9.17, 15) is 29.1 Å². The number of ether oxygens (including phenoxy) is 1. The van der Waals surface area contributed by atoms with Crippen molar-refractivity contribution in [3.8, 4) is 39.4 Å². The van der Waals surface area contributed by atoms with Gasteiger partial charge in [0.25, 0.3) is 5.91 Å². The first-order chi connectivity index (χ1) is 37.9. The molecule has 8 rings (SSSR count). The number of carbonyl (C=O) groups is 5. The molecule has 0 bridgehead atoms. The molecule has 414 valence electrons. The minimum absolute atomic E-state index is 0.00662. The van der Waals surface area contributed by atoms with Crippen LogP contribution in [0.2, 0.25) is 0 Å². The number of likely N-dealkylation sites (tertiary alicyclic amines) is 2. The molecule has 6 aromatic rings. The molecule has 2 aliphatic rings. The van der Waals surface area contributed by atoms with Gasteiger partial charge in [-0.25, -0.2) is 15.0 Å². The number of unbranched alkanes of at least 4 members (excludes halogenated alkanes) is 3. The van der Waals surface area contributed by atoms with Gasteiger partial charge in [-0.1, -0.05) is 75.8 Å². The van der Waals surface area contributed by atoms with E-state index in [-0.39, 0.29) is 54.8 Å². The summed E-state index contributed by atoms with van der Waals surface area (Å²) in [6, 6.07) is 16.5. The third kappa shape index (κ3) is 14.3. The number of aryl methyl sites for hydroxylation is 2. The minimum atomic E-state index is -0.913. The van der Waals surface area contributed by atoms with Crippen molar-refractivity contribution in [3.05, 3.63) is 101 Å². The third-order valence-electron chi connectivity index (χ3n) is 13.8. The fourth-order valence-corrected chi connectivity index (χ4v) is 10.2. The van der Waals surface area contributed by atoms with Crippen molar-refractivity contribution in [2.45, 2.75) is 104 Å². The molecule has 0 saturated carbocycles. The Morgan fingerprint density at radius 1 is 0.886 bits per heavy atom. The van der Waals surface area contributed by atoms with E-state index < -0.39 is 35.4 Å². The maximum absolute atomic E-state index is 14.1. The third-order valence-corrected chi connectivity index (χ3v) is 14.8. The van der Waals surface area contributed by atoms with Gasteiger partial charge in [0.2, 0.25) is 23.6 Å². The number of pyridine rings is 1. The predicted octanol–water partition coefficient (Wildman–Crippen LogP) is 6.48. The van der Waals surface area contributed by atoms with Crippen molar-refractivity contribution in [3.63, 3.8) is 0 Å². The molecule has 6 N–H and O–H groups in total. The number of aromatic nitrogens is 7. The smallest absolute Gasteiger partial charge is 0.273 e. The molecule has 6 heterocycles. The Kier molecular flexibility index (Phi) is 18.3. The summed E-state index contributed by atoms with van der Waals surface area (Å²) < 4.78 is 7.35. The molecule has 4 aromatic heterocycles. The molecule has 21 nitrogen and oxygen atoms in total. The molecule has 22 heteroatoms. The van der Waals surface area contributed by atoms with Crippen molar-refractivity contribution >= 4 is 63.9 Å². The van der Waals surface area contributed by atoms with Gasteiger partial charge in [-0.2, -0.15) is 5.10 Å². The molecule has 2 unspecified atom stereocenters. The number of β-amino-alcohol motifs (C(OH)–C–C–N with tert-alkyl or cyclic N) is 1. The summed E-state index contributed by atoms with van der Waals surface area (Å²) in [7, 11) is 4.83. The number of aliphatic hydroxyl groups excluding tert-OH is 1. The van der Waals surface area contributed by atoms with Gasteiger partial charge < -0.3 is 46.2 Å². The van der Waals surface area contributed by atoms with Crippen LogP contribution in [0.25, 0.3) is 21.8 Å². The first-order valence-corrected chi connectivity index (χ1v) is 27.3. The molecule has 2 saturated heterocycles. The second-order valence-electron chi connectivity index (χ2n) is 20.9. The second-order valence-corrected chi connectivity index (χ2v) is 21.8. The highest BCUT2D eigenvalue weighted by molar-refractivity contribution is 7.13. The molecule has 2 aromatic carbocycles. The number of nitrogens with zero attached hydrogens (tertiary/aromatic N) is 9. The fourth-order valence-electron chi connectivity index (χ4n) is 9.43. The maximum atomic E-state index is 14.1. The molecule has 2 aliphatic heterocycles. The first-order valence-electron chi connectivity index (χ1n) is 26.4. The lowest BCUT2D eigenvalue weighted by Gasteiger charge is -2.36. The van der Waals surface area contributed by atoms with Crippen LogP contribution in [-0.2, 0) is 26.2 Å². The van der Waals surface area contributed by atoms with Crippen LogP contribution in [0, 0.1) is 30.1 Å². The topological polar surface area (TPSA) is 264 Å². The van der Waals surface area contributed by atoms with Crippen molar-refractivity contribution < 1.29 is 33.8 Å². The average molecular weight is 1090 g/mol. The van der Waals surface area contributed by atoms with Gasteiger partial charge in [-0.05, 0) is 67.5 Å². The highest BCUT2D eigenvalue weighted by Crippen LogP contribution is 2.38. The van der Waals surface area contributed by atoms with Crippen LogP contribution in [0.15, 0.2) is 78.7 Å². The molecule has 79 heavy (non-hydrogen) atoms. The van der Waals surface area contributed by atoms with E-state index in [4.69, 9.17) is 4.74 Å². The van der Waals surface area contributed by atoms with E-state index in [1.54, 1.807) is 60.9 Å². The van der Waals surface area contributed by atoms with Crippen molar-refractivity contribution in [1.29, 1.82) is 0 Å². The lowest BCUT2D eigenvalue weighted by molar-refractivity contribution is -0.144. The fraction of sp³-hybridized carbons (Fsp3) is 0.421. The normalized spacial score (nSPS) is 16.0. The van der Waals surface area contributed by atoms with Gasteiger partial charge in [-0.3, -0.25) is 28.7 Å². The van der Waals surface area contributed by atoms with Gasteiger partial charge in [0.05, 0.1) is 58.2 Å². The molecule has 0 radical (unpaired) electrons. The molecule has 0 spiro atoms. The van der Waals surface area contributed by atoms with Crippen LogP contribution in [0.1, 0.15) is 106 Å². The Morgan fingerprint density at radius 2 is 1.65 bits per heavy atom. The predicted molar refractivity (Wildman–Crippen MR) is 300 cm³/mol. The lowest BCUT2D eigenvalue weighted by atomic mass is 9.85. The molecular formula is C57H68N14O7S. The molecular weight excluding hydrogens is 1020 g/mol. The van der Waals surface area contributed by atoms with Crippen LogP contribution in [0.4, 0.5) is 23.0 Å². The van der Waals surface area contributed by atoms with Gasteiger partial charge >= 0.3 is 0 Å². The average Bonchev–Trinajstić information content (AvgIpc) is 4.28. The first kappa shape index (κ1) is 56.9. The molecule has 0 aliphatic carbocycles. The number of nitrogens with one attached hydrogen (secondary N) is 5. The largest absolute Gasteiger partial charge is 0.494 e. The maximum Gasteiger partial charge on any atom is 0.273 e. The second kappa shape index (κ2) is 25.5. The van der Waals surface area contributed by atoms with Crippen molar-refractivity contribution in [2.75, 3.05) is 44.4 Å². The highest BCUT2D eigenvalue weighted by atomic mass is 32.1. The number of hydrogen-bond acceptors (Lipinski definition) is 16. The van der Waals surface area contributed by atoms with E-state index >= 15 is 0 Å². The quantitative estimate of drug-likeness (QED) is 0.0353. The summed E-state index contributed by atoms with van der Waals surface area (Å²) in [5.74, 6) is 6.82. The number of benzene rings is 2. The van der Waals surface area contributed by atoms with E-state index in [0.29, 0.717) is 78.1 Å². The highest BCUT2D eigenvalue weighted by Gasteiger charge is 2.45. The summed E-state index contributed by atoms with van der Waals surface area (Å²) in [5, 5.41) is 38.5. The number of carbonyl (C=O) groups excluding carboxylic acids is 5. The SMILES string of the molecule is CNC(=O)c1nnc(Nc2ccc(C#CC3CN(C(=O)CCCCCCC(=O)NC(C(=O)N4C[C@H](O)C[C@H]4C(=O)NC(C)c4ccc(-c5scnc5C)cc4)C(C)(C)C)C3)cn2)cc1Nc1cccc(-c2ncn(C)n2)c1OC. The summed E-state index contributed by atoms with van der Waals surface area (Å²) >= 11 is 1.57. The summed E-state index contributed by atoms with van der Waals surface area (Å²) in [5.41, 5.74) is 6.40. The van der Waals surface area contributed by atoms with Crippen LogP contribution in [0.3, 0.4) is 0 Å². The van der Waals surface area contributed by atoms with E-state index in [1.807, 2.05) is 87.5 Å². The zero-order valence-electron chi connectivity index (χ0n) is 45.8. The monoisotopic (exact) mass is 1090 g/mol. The lowest BCUT2D eigenvalue weighted by Crippen LogP contribution is -2.57. The summed E-state index contributed by atoms with van der Waals surface area (Å²) in [4.78, 5) is 84.4. The van der Waals surface area contributed by atoms with Gasteiger partial charge in [0.1, 0.15) is 24.2 Å². The minimum Gasteiger partial charge on any atom is -0.494 e. The molecule has 4 atom stereocenters. The van der Waals surface area contributed by atoms with Crippen LogP contribution < -0.4 is 31.3 Å². The van der Waals surface area contributed by atoms with Crippen LogP contribution in [0.5, 0.6) is 5.75 Å². The van der Waals surface area contributed by atoms with Crippen molar-refractivity contribution in [2.24, 2.45) is 18.4 Å². The summed E-state index contributed by atoms with van der Waals surface area (Å²) in [6.07, 6.45) is 5.87. The number of hydrogen-bond donors (Lipinski definition) is 6. The Morgan fingerprint density at radius 3 is 2.30 bits per heavy atom. The van der Waals surface area contributed by atoms with Gasteiger partial charge in [0, 0.05) is 70.8 Å². The van der Waals surface area contributed by atoms with E-state index in [0.717, 1.165) is 34.5 Å². The zero-order valence-corrected chi connectivity index (χ0v) is 46.6.